The number of nitrogens with zero attached hydrogens (tertiary/aromatic N) is 6. The van der Waals surface area contributed by atoms with Crippen molar-refractivity contribution in [1.29, 1.82) is 0 Å². The van der Waals surface area contributed by atoms with E-state index in [4.69, 9.17) is 9.72 Å². The normalized spacial score (nSPS) is 24.9. The first kappa shape index (κ1) is 31.1. The molecule has 48 heavy (non-hydrogen) atoms. The number of fused-ring (bicyclic) bond motifs is 4. The molecule has 4 aromatic rings. The van der Waals surface area contributed by atoms with E-state index in [1.807, 2.05) is 30.3 Å². The summed E-state index contributed by atoms with van der Waals surface area (Å²) in [5.74, 6) is 0.226. The van der Waals surface area contributed by atoms with Crippen molar-refractivity contribution in [3.63, 3.8) is 0 Å². The molecule has 2 bridgehead atoms. The average molecular weight is 654 g/mol. The van der Waals surface area contributed by atoms with Gasteiger partial charge in [0.05, 0.1) is 6.04 Å². The Morgan fingerprint density at radius 1 is 0.938 bits per heavy atom. The highest BCUT2D eigenvalue weighted by Gasteiger charge is 2.41. The Balaban J connectivity index is 1.16. The molecule has 3 aromatic carbocycles. The molecule has 10 nitrogen and oxygen atoms in total. The van der Waals surface area contributed by atoms with E-state index in [1.54, 1.807) is 18.2 Å². The number of amides is 2. The molecule has 4 atom stereocenters. The molecule has 2 amide bonds. The van der Waals surface area contributed by atoms with Crippen LogP contribution in [0.5, 0.6) is 11.8 Å². The molecule has 0 spiro atoms. The Labute approximate surface area is 280 Å². The minimum atomic E-state index is -0.478. The molecule has 4 saturated heterocycles. The fourth-order valence-electron chi connectivity index (χ4n) is 8.42. The first-order chi connectivity index (χ1) is 23.3. The van der Waals surface area contributed by atoms with Crippen LogP contribution in [-0.2, 0) is 0 Å². The molecule has 252 valence electrons. The van der Waals surface area contributed by atoms with E-state index in [0.717, 1.165) is 68.9 Å². The Hall–Kier alpha value is -4.22. The van der Waals surface area contributed by atoms with Crippen molar-refractivity contribution in [1.82, 2.24) is 30.0 Å². The first-order valence-corrected chi connectivity index (χ1v) is 17.4. The molecule has 4 aliphatic heterocycles. The number of carbonyl (C=O) groups is 1. The number of aromatic hydroxyl groups is 1. The van der Waals surface area contributed by atoms with Gasteiger partial charge >= 0.3 is 12.0 Å². The van der Waals surface area contributed by atoms with Gasteiger partial charge in [0.1, 0.15) is 23.7 Å². The number of phenols is 1. The summed E-state index contributed by atoms with van der Waals surface area (Å²) in [5, 5.41) is 16.1. The number of anilines is 1. The molecule has 4 fully saturated rings. The number of carbonyl (C=O) groups excluding carboxylic acids is 1. The summed E-state index contributed by atoms with van der Waals surface area (Å²) < 4.78 is 23.1. The Kier molecular flexibility index (Phi) is 8.20. The second-order valence-electron chi connectivity index (χ2n) is 14.2. The Morgan fingerprint density at radius 2 is 1.79 bits per heavy atom. The summed E-state index contributed by atoms with van der Waals surface area (Å²) in [6.45, 7) is 4.61. The molecule has 2 N–H and O–H groups in total. The van der Waals surface area contributed by atoms with Crippen LogP contribution in [0.25, 0.3) is 32.8 Å². The van der Waals surface area contributed by atoms with Gasteiger partial charge in [0.25, 0.3) is 0 Å². The van der Waals surface area contributed by atoms with Crippen molar-refractivity contribution in [2.24, 2.45) is 0 Å². The average Bonchev–Trinajstić information content (AvgIpc) is 3.76. The Bertz CT molecular complexity index is 1860. The molecular formula is C37H44FN7O3. The smallest absolute Gasteiger partial charge is 0.319 e. The summed E-state index contributed by atoms with van der Waals surface area (Å²) in [6.07, 6.45) is 5.82. The zero-order valence-corrected chi connectivity index (χ0v) is 27.7. The number of aromatic nitrogens is 2. The van der Waals surface area contributed by atoms with Gasteiger partial charge in [0, 0.05) is 48.7 Å². The number of nitrogens with one attached hydrogen (secondary N) is 1. The largest absolute Gasteiger partial charge is 0.508 e. The third kappa shape index (κ3) is 5.77. The minimum Gasteiger partial charge on any atom is -0.508 e. The zero-order valence-electron chi connectivity index (χ0n) is 27.7. The van der Waals surface area contributed by atoms with E-state index in [-0.39, 0.29) is 47.5 Å². The summed E-state index contributed by atoms with van der Waals surface area (Å²) in [5.41, 5.74) is 1.15. The van der Waals surface area contributed by atoms with Gasteiger partial charge in [-0.15, -0.1) is 0 Å². The molecule has 11 heteroatoms. The summed E-state index contributed by atoms with van der Waals surface area (Å²) in [7, 11) is 4.19. The van der Waals surface area contributed by atoms with Gasteiger partial charge in [0.15, 0.2) is 5.82 Å². The van der Waals surface area contributed by atoms with E-state index in [1.165, 1.54) is 0 Å². The second kappa shape index (κ2) is 12.7. The number of rotatable bonds is 6. The quantitative estimate of drug-likeness (QED) is 0.292. The van der Waals surface area contributed by atoms with Crippen molar-refractivity contribution in [3.05, 3.63) is 54.3 Å². The minimum absolute atomic E-state index is 0.0240. The molecule has 0 aliphatic carbocycles. The maximum absolute atomic E-state index is 16.8. The predicted molar refractivity (Wildman–Crippen MR) is 185 cm³/mol. The second-order valence-corrected chi connectivity index (χ2v) is 14.2. The van der Waals surface area contributed by atoms with Crippen LogP contribution < -0.4 is 15.0 Å². The third-order valence-corrected chi connectivity index (χ3v) is 11.0. The van der Waals surface area contributed by atoms with Gasteiger partial charge in [-0.1, -0.05) is 30.3 Å². The number of halogens is 1. The molecule has 4 aliphatic rings. The predicted octanol–water partition coefficient (Wildman–Crippen LogP) is 5.22. The van der Waals surface area contributed by atoms with Crippen LogP contribution in [0.3, 0.4) is 0 Å². The number of likely N-dealkylation sites (N-methyl/N-ethyl adjacent to an activating group) is 2. The van der Waals surface area contributed by atoms with Crippen molar-refractivity contribution < 1.29 is 19.0 Å². The molecule has 0 radical (unpaired) electrons. The third-order valence-electron chi connectivity index (χ3n) is 11.0. The van der Waals surface area contributed by atoms with Crippen molar-refractivity contribution in [3.8, 4) is 22.9 Å². The van der Waals surface area contributed by atoms with Crippen LogP contribution in [0.4, 0.5) is 15.0 Å². The molecule has 5 heterocycles. The number of hydrogen-bond acceptors (Lipinski definition) is 8. The van der Waals surface area contributed by atoms with Crippen LogP contribution in [0.15, 0.2) is 48.5 Å². The number of likely N-dealkylation sites (tertiary alicyclic amines) is 2. The van der Waals surface area contributed by atoms with Gasteiger partial charge in [-0.25, -0.2) is 9.18 Å². The van der Waals surface area contributed by atoms with Crippen LogP contribution in [0, 0.1) is 5.82 Å². The lowest BCUT2D eigenvalue weighted by Crippen LogP contribution is -2.51. The molecule has 8 rings (SSSR count). The summed E-state index contributed by atoms with van der Waals surface area (Å²) >= 11 is 0. The maximum Gasteiger partial charge on any atom is 0.319 e. The Morgan fingerprint density at radius 3 is 2.60 bits per heavy atom. The maximum atomic E-state index is 16.8. The number of phenolic OH excluding ortho intramolecular Hbond substituents is 1. The monoisotopic (exact) mass is 653 g/mol. The lowest BCUT2D eigenvalue weighted by atomic mass is 9.96. The van der Waals surface area contributed by atoms with E-state index < -0.39 is 5.82 Å². The van der Waals surface area contributed by atoms with Gasteiger partial charge in [-0.2, -0.15) is 9.97 Å². The first-order valence-electron chi connectivity index (χ1n) is 17.4. The van der Waals surface area contributed by atoms with E-state index in [0.29, 0.717) is 42.0 Å². The molecule has 0 unspecified atom stereocenters. The summed E-state index contributed by atoms with van der Waals surface area (Å²) in [4.78, 5) is 32.1. The lowest BCUT2D eigenvalue weighted by Gasteiger charge is -2.31. The molecular weight excluding hydrogens is 609 g/mol. The van der Waals surface area contributed by atoms with Crippen molar-refractivity contribution >= 4 is 33.5 Å². The zero-order chi connectivity index (χ0) is 32.9. The highest BCUT2D eigenvalue weighted by atomic mass is 19.1. The summed E-state index contributed by atoms with van der Waals surface area (Å²) in [6, 6.07) is 15.4. The highest BCUT2D eigenvalue weighted by molar-refractivity contribution is 6.01. The molecule has 0 saturated carbocycles. The standard InChI is InChI=1S/C37H44FN7O3/c1-42-16-13-24(20-42)39-37(47)45-25-9-10-26(45)21-44(17-14-25)35-31-12-11-30(32-19-28(46)18-23-6-3-4-8-29(23)32)33(38)34(31)40-36(41-35)48-22-27-7-5-15-43(27)2/h3-4,6,8,11-12,18-19,24-27,46H,5,7,9-10,13-17,20-22H2,1-2H3,(H,39,47)/t24-,25+,26-,27+/m1/s1. The van der Waals surface area contributed by atoms with Crippen LogP contribution in [-0.4, -0.2) is 113 Å². The van der Waals surface area contributed by atoms with Crippen LogP contribution in [0.1, 0.15) is 38.5 Å². The number of benzene rings is 3. The highest BCUT2D eigenvalue weighted by Crippen LogP contribution is 2.40. The van der Waals surface area contributed by atoms with Crippen LogP contribution >= 0.6 is 0 Å². The topological polar surface area (TPSA) is 97.3 Å². The molecule has 1 aromatic heterocycles. The number of hydrogen-bond donors (Lipinski definition) is 2. The fraction of sp³-hybridized carbons (Fsp3) is 0.486. The van der Waals surface area contributed by atoms with Gasteiger partial charge < -0.3 is 34.8 Å². The van der Waals surface area contributed by atoms with Gasteiger partial charge in [-0.3, -0.25) is 0 Å². The van der Waals surface area contributed by atoms with E-state index in [9.17, 15) is 9.90 Å². The van der Waals surface area contributed by atoms with Gasteiger partial charge in [-0.05, 0) is 100 Å². The number of ether oxygens (including phenoxy) is 1. The lowest BCUT2D eigenvalue weighted by molar-refractivity contribution is 0.173. The van der Waals surface area contributed by atoms with Crippen molar-refractivity contribution in [2.45, 2.75) is 62.7 Å². The SMILES string of the molecule is CN1CC[C@@H](NC(=O)N2[C@H]3CC[C@@H]2CN(c2nc(OC[C@@H]4CCCN4C)nc4c(F)c(-c5cc(O)cc6ccccc56)ccc24)CC3)C1. The van der Waals surface area contributed by atoms with Crippen LogP contribution in [0.2, 0.25) is 0 Å². The van der Waals surface area contributed by atoms with E-state index >= 15 is 4.39 Å². The fourth-order valence-corrected chi connectivity index (χ4v) is 8.42. The van der Waals surface area contributed by atoms with Gasteiger partial charge in [0.2, 0.25) is 0 Å². The van der Waals surface area contributed by atoms with E-state index in [2.05, 4.69) is 44.0 Å². The van der Waals surface area contributed by atoms with Crippen molar-refractivity contribution in [2.75, 3.05) is 58.3 Å². The number of urea groups is 1.